The first-order valence-electron chi connectivity index (χ1n) is 38.4. The molecule has 0 aromatic rings. The van der Waals surface area contributed by atoms with Crippen LogP contribution in [0.25, 0.3) is 0 Å². The molecule has 0 fully saturated rings. The van der Waals surface area contributed by atoms with Crippen LogP contribution in [0.15, 0.2) is 122 Å². The Balaban J connectivity index is 4.07. The summed E-state index contributed by atoms with van der Waals surface area (Å²) in [5, 5.41) is 14.2. The molecule has 91 heavy (non-hydrogen) atoms. The third-order valence-corrected chi connectivity index (χ3v) is 18.0. The van der Waals surface area contributed by atoms with E-state index in [9.17, 15) is 19.4 Å². The number of nitrogens with one attached hydrogen (secondary N) is 1. The van der Waals surface area contributed by atoms with E-state index in [0.29, 0.717) is 23.9 Å². The monoisotopic (exact) mass is 1290 g/mol. The highest BCUT2D eigenvalue weighted by Gasteiger charge is 2.28. The van der Waals surface area contributed by atoms with E-state index in [0.717, 1.165) is 109 Å². The normalized spacial score (nSPS) is 14.2. The lowest BCUT2D eigenvalue weighted by Gasteiger charge is -2.26. The van der Waals surface area contributed by atoms with Crippen LogP contribution in [0.1, 0.15) is 341 Å². The molecule has 8 nitrogen and oxygen atoms in total. The van der Waals surface area contributed by atoms with Crippen molar-refractivity contribution in [3.05, 3.63) is 122 Å². The van der Waals surface area contributed by atoms with Crippen molar-refractivity contribution in [2.75, 3.05) is 40.9 Å². The number of phosphoric ester groups is 1. The van der Waals surface area contributed by atoms with Crippen molar-refractivity contribution in [3.8, 4) is 0 Å². The van der Waals surface area contributed by atoms with Crippen molar-refractivity contribution in [3.63, 3.8) is 0 Å². The van der Waals surface area contributed by atoms with Crippen LogP contribution in [-0.2, 0) is 18.4 Å². The lowest BCUT2D eigenvalue weighted by molar-refractivity contribution is -0.870. The number of unbranched alkanes of at least 4 members (excludes halogenated alkanes) is 37. The zero-order valence-corrected chi connectivity index (χ0v) is 61.2. The van der Waals surface area contributed by atoms with Gasteiger partial charge in [-0.2, -0.15) is 0 Å². The van der Waals surface area contributed by atoms with Gasteiger partial charge in [0.2, 0.25) is 5.91 Å². The fourth-order valence-corrected chi connectivity index (χ4v) is 11.8. The molecule has 9 heteroatoms. The number of phosphoric acid groups is 1. The van der Waals surface area contributed by atoms with Crippen molar-refractivity contribution in [2.45, 2.75) is 353 Å². The number of nitrogens with zero attached hydrogens (tertiary/aromatic N) is 1. The summed E-state index contributed by atoms with van der Waals surface area (Å²) in [6.07, 6.45) is 106. The minimum absolute atomic E-state index is 0.0681. The number of hydrogen-bond acceptors (Lipinski definition) is 5. The van der Waals surface area contributed by atoms with Gasteiger partial charge in [0.15, 0.2) is 0 Å². The Labute approximate surface area is 564 Å². The Morgan fingerprint density at radius 2 is 0.659 bits per heavy atom. The molecule has 0 aromatic heterocycles. The lowest BCUT2D eigenvalue weighted by atomic mass is 10.0. The van der Waals surface area contributed by atoms with Gasteiger partial charge in [0.25, 0.3) is 0 Å². The maximum atomic E-state index is 13.1. The van der Waals surface area contributed by atoms with Gasteiger partial charge in [-0.3, -0.25) is 13.8 Å². The van der Waals surface area contributed by atoms with E-state index in [1.807, 2.05) is 21.1 Å². The number of likely N-dealkylation sites (N-methyl/N-ethyl adjacent to an activating group) is 1. The van der Waals surface area contributed by atoms with Crippen LogP contribution in [-0.4, -0.2) is 73.4 Å². The molecule has 526 valence electrons. The highest BCUT2D eigenvalue weighted by Crippen LogP contribution is 2.43. The van der Waals surface area contributed by atoms with E-state index in [1.54, 1.807) is 0 Å². The van der Waals surface area contributed by atoms with E-state index in [-0.39, 0.29) is 19.1 Å². The van der Waals surface area contributed by atoms with Gasteiger partial charge in [-0.1, -0.05) is 367 Å². The number of aliphatic hydroxyl groups excluding tert-OH is 1. The van der Waals surface area contributed by atoms with Crippen molar-refractivity contribution in [2.24, 2.45) is 0 Å². The van der Waals surface area contributed by atoms with Crippen LogP contribution in [0.2, 0.25) is 0 Å². The first-order chi connectivity index (χ1) is 44.5. The van der Waals surface area contributed by atoms with Crippen LogP contribution < -0.4 is 5.32 Å². The van der Waals surface area contributed by atoms with Crippen LogP contribution >= 0.6 is 7.82 Å². The molecule has 0 rings (SSSR count). The largest absolute Gasteiger partial charge is 0.472 e. The van der Waals surface area contributed by atoms with E-state index >= 15 is 0 Å². The molecule has 0 saturated heterocycles. The highest BCUT2D eigenvalue weighted by molar-refractivity contribution is 7.47. The molecule has 0 radical (unpaired) electrons. The van der Waals surface area contributed by atoms with Crippen molar-refractivity contribution >= 4 is 13.7 Å². The zero-order valence-electron chi connectivity index (χ0n) is 60.3. The van der Waals surface area contributed by atoms with Gasteiger partial charge in [0.05, 0.1) is 39.9 Å². The lowest BCUT2D eigenvalue weighted by Crippen LogP contribution is -2.46. The number of amides is 1. The molecule has 0 aliphatic carbocycles. The fourth-order valence-electron chi connectivity index (χ4n) is 11.1. The summed E-state index contributed by atoms with van der Waals surface area (Å²) in [5.41, 5.74) is 0. The first-order valence-corrected chi connectivity index (χ1v) is 39.9. The Bertz CT molecular complexity index is 1900. The average Bonchev–Trinajstić information content (AvgIpc) is 3.58. The summed E-state index contributed by atoms with van der Waals surface area (Å²) in [7, 11) is 1.61. The maximum absolute atomic E-state index is 13.1. The number of quaternary nitrogens is 1. The average molecular weight is 1290 g/mol. The third-order valence-electron chi connectivity index (χ3n) is 17.0. The Morgan fingerprint density at radius 3 is 0.967 bits per heavy atom. The van der Waals surface area contributed by atoms with Gasteiger partial charge < -0.3 is 19.8 Å². The van der Waals surface area contributed by atoms with E-state index in [2.05, 4.69) is 141 Å². The zero-order chi connectivity index (χ0) is 66.2. The molecular formula is C82H148N2O6P+. The molecular weight excluding hydrogens is 1140 g/mol. The smallest absolute Gasteiger partial charge is 0.391 e. The molecule has 0 aliphatic rings. The molecule has 0 spiro atoms. The van der Waals surface area contributed by atoms with Gasteiger partial charge in [0.1, 0.15) is 13.2 Å². The van der Waals surface area contributed by atoms with E-state index < -0.39 is 20.0 Å². The van der Waals surface area contributed by atoms with E-state index in [1.165, 1.54) is 205 Å². The fraction of sp³-hybridized carbons (Fsp3) is 0.744. The Kier molecular flexibility index (Phi) is 68.8. The summed E-state index contributed by atoms with van der Waals surface area (Å²) in [4.78, 5) is 23.5. The molecule has 0 aliphatic heterocycles. The SMILES string of the molecule is CC/C=C\C/C=C\C/C=C\C/C=C\C/C=C\C/C=C\C/C=C\C/C=C\C/C=C\C/C=C\CCCCCCCCCCC(=O)NC(COP(=O)(O)OCC[N+](C)(C)C)C(O)CCCCCCCCCCCCCCCCCCCCCCCCCCCCCCCC. The van der Waals surface area contributed by atoms with Crippen molar-refractivity contribution in [1.82, 2.24) is 5.32 Å². The predicted molar refractivity (Wildman–Crippen MR) is 401 cm³/mol. The van der Waals surface area contributed by atoms with Crippen LogP contribution in [0, 0.1) is 0 Å². The van der Waals surface area contributed by atoms with Gasteiger partial charge in [-0.05, 0) is 89.9 Å². The Hall–Kier alpha value is -3.10. The second-order valence-electron chi connectivity index (χ2n) is 27.0. The number of carbonyl (C=O) groups excluding carboxylic acids is 1. The topological polar surface area (TPSA) is 105 Å². The van der Waals surface area contributed by atoms with Gasteiger partial charge in [-0.15, -0.1) is 0 Å². The quantitative estimate of drug-likeness (QED) is 0.0243. The second kappa shape index (κ2) is 71.2. The number of rotatable bonds is 70. The molecule has 3 atom stereocenters. The minimum Gasteiger partial charge on any atom is -0.391 e. The predicted octanol–water partition coefficient (Wildman–Crippen LogP) is 25.2. The number of hydrogen-bond donors (Lipinski definition) is 3. The molecule has 0 heterocycles. The summed E-state index contributed by atoms with van der Waals surface area (Å²) in [6, 6.07) is -0.776. The maximum Gasteiger partial charge on any atom is 0.472 e. The number of aliphatic hydroxyl groups is 1. The second-order valence-corrected chi connectivity index (χ2v) is 28.5. The molecule has 0 bridgehead atoms. The molecule has 3 N–H and O–H groups in total. The van der Waals surface area contributed by atoms with Gasteiger partial charge in [0, 0.05) is 6.42 Å². The molecule has 3 unspecified atom stereocenters. The minimum atomic E-state index is -4.34. The molecule has 0 saturated carbocycles. The van der Waals surface area contributed by atoms with Crippen molar-refractivity contribution < 1.29 is 32.9 Å². The number of carbonyl (C=O) groups is 1. The highest BCUT2D eigenvalue weighted by atomic mass is 31.2. The molecule has 0 aromatic carbocycles. The summed E-state index contributed by atoms with van der Waals surface area (Å²) in [6.45, 7) is 4.80. The van der Waals surface area contributed by atoms with Crippen LogP contribution in [0.5, 0.6) is 0 Å². The van der Waals surface area contributed by atoms with E-state index in [4.69, 9.17) is 9.05 Å². The summed E-state index contributed by atoms with van der Waals surface area (Å²) < 4.78 is 23.9. The van der Waals surface area contributed by atoms with Crippen molar-refractivity contribution in [1.29, 1.82) is 0 Å². The Morgan fingerprint density at radius 1 is 0.385 bits per heavy atom. The van der Waals surface area contributed by atoms with Gasteiger partial charge >= 0.3 is 7.82 Å². The molecule has 1 amide bonds. The first kappa shape index (κ1) is 87.9. The van der Waals surface area contributed by atoms with Crippen LogP contribution in [0.3, 0.4) is 0 Å². The van der Waals surface area contributed by atoms with Gasteiger partial charge in [-0.25, -0.2) is 4.57 Å². The standard InChI is InChI=1S/C82H147N2O6P/c1-6-8-10-12-14-16-18-20-22-24-26-28-30-32-34-36-38-39-40-41-42-43-44-45-46-48-50-52-54-56-58-60-62-64-66-68-70-72-74-76-82(86)83-80(79-90-91(87,88)89-78-77-84(3,4)5)81(85)75-73-71-69-67-65-63-61-59-57-55-53-51-49-47-37-35-33-31-29-27-25-23-21-19-17-15-13-11-9-7-2/h8,10,14,16,20,22,26,28,32,34,38-39,41-42,44-45,48,50,54,56,80-81,85H,6-7,9,11-13,15,17-19,21,23-25,27,29-31,33,35-37,40,43,46-47,49,51-53,55,57-79H2,1-5H3,(H-,83,86,87,88)/p+1/b10-8-,16-14-,22-20-,28-26-,34-32-,39-38-,42-41-,45-44-,50-48-,56-54-. The van der Waals surface area contributed by atoms with Crippen LogP contribution in [0.4, 0.5) is 0 Å². The summed E-state index contributed by atoms with van der Waals surface area (Å²) >= 11 is 0. The number of allylic oxidation sites excluding steroid dienone is 20. The summed E-state index contributed by atoms with van der Waals surface area (Å²) in [5.74, 6) is -0.153. The third kappa shape index (κ3) is 74.2.